The molecule has 4 aromatic rings. The Morgan fingerprint density at radius 2 is 2.00 bits per heavy atom. The van der Waals surface area contributed by atoms with Gasteiger partial charge in [-0.25, -0.2) is 18.9 Å². The van der Waals surface area contributed by atoms with Crippen molar-refractivity contribution in [3.63, 3.8) is 0 Å². The van der Waals surface area contributed by atoms with Gasteiger partial charge >= 0.3 is 0 Å². The SMILES string of the molecule is Cc1cccc(OCCSc2nc(-c3ccccc3F)nc3cc(=O)[nH]n23)c1. The highest BCUT2D eigenvalue weighted by atomic mass is 32.2. The van der Waals surface area contributed by atoms with Gasteiger partial charge in [0, 0.05) is 11.8 Å². The summed E-state index contributed by atoms with van der Waals surface area (Å²) >= 11 is 1.40. The standard InChI is InChI=1S/C20H17FN4O2S/c1-13-5-4-6-14(11-13)27-9-10-28-20-23-19(15-7-2-3-8-16(15)21)22-17-12-18(26)24-25(17)20/h2-8,11-12H,9-10H2,1H3,(H,24,26). The molecule has 4 rings (SSSR count). The molecule has 0 fully saturated rings. The van der Waals surface area contributed by atoms with E-state index < -0.39 is 5.82 Å². The molecule has 1 N–H and O–H groups in total. The van der Waals surface area contributed by atoms with Crippen LogP contribution in [0.4, 0.5) is 4.39 Å². The number of nitrogens with one attached hydrogen (secondary N) is 1. The number of hydrogen-bond acceptors (Lipinski definition) is 5. The number of H-pyrrole nitrogens is 1. The van der Waals surface area contributed by atoms with Crippen molar-refractivity contribution in [2.45, 2.75) is 12.1 Å². The Balaban J connectivity index is 1.57. The molecule has 8 heteroatoms. The van der Waals surface area contributed by atoms with Crippen molar-refractivity contribution in [3.05, 3.63) is 76.3 Å². The lowest BCUT2D eigenvalue weighted by molar-refractivity contribution is 0.343. The molecular weight excluding hydrogens is 379 g/mol. The number of benzene rings is 2. The molecule has 0 bridgehead atoms. The Morgan fingerprint density at radius 3 is 2.82 bits per heavy atom. The number of aromatic nitrogens is 4. The minimum Gasteiger partial charge on any atom is -0.493 e. The summed E-state index contributed by atoms with van der Waals surface area (Å²) in [6, 6.07) is 15.5. The topological polar surface area (TPSA) is 72.3 Å². The van der Waals surface area contributed by atoms with Gasteiger partial charge in [-0.15, -0.1) is 0 Å². The van der Waals surface area contributed by atoms with Crippen LogP contribution in [0.2, 0.25) is 0 Å². The number of ether oxygens (including phenoxy) is 1. The molecule has 2 heterocycles. The summed E-state index contributed by atoms with van der Waals surface area (Å²) in [7, 11) is 0. The number of thioether (sulfide) groups is 1. The van der Waals surface area contributed by atoms with E-state index in [9.17, 15) is 9.18 Å². The van der Waals surface area contributed by atoms with Gasteiger partial charge in [0.1, 0.15) is 11.6 Å². The third-order valence-electron chi connectivity index (χ3n) is 4.01. The average molecular weight is 396 g/mol. The van der Waals surface area contributed by atoms with Gasteiger partial charge in [0.05, 0.1) is 12.2 Å². The molecule has 0 saturated carbocycles. The first-order valence-electron chi connectivity index (χ1n) is 8.67. The summed E-state index contributed by atoms with van der Waals surface area (Å²) in [5, 5.41) is 3.18. The molecule has 0 saturated heterocycles. The molecule has 28 heavy (non-hydrogen) atoms. The third-order valence-corrected chi connectivity index (χ3v) is 4.91. The smallest absolute Gasteiger partial charge is 0.266 e. The van der Waals surface area contributed by atoms with Crippen LogP contribution in [-0.4, -0.2) is 31.9 Å². The van der Waals surface area contributed by atoms with Crippen LogP contribution >= 0.6 is 11.8 Å². The summed E-state index contributed by atoms with van der Waals surface area (Å²) in [6.07, 6.45) is 0. The lowest BCUT2D eigenvalue weighted by Gasteiger charge is -2.09. The van der Waals surface area contributed by atoms with Crippen LogP contribution in [0.3, 0.4) is 0 Å². The monoisotopic (exact) mass is 396 g/mol. The fourth-order valence-electron chi connectivity index (χ4n) is 2.74. The largest absolute Gasteiger partial charge is 0.493 e. The number of nitrogens with zero attached hydrogens (tertiary/aromatic N) is 3. The van der Waals surface area contributed by atoms with E-state index in [-0.39, 0.29) is 16.9 Å². The van der Waals surface area contributed by atoms with Gasteiger partial charge in [0.25, 0.3) is 5.56 Å². The zero-order valence-electron chi connectivity index (χ0n) is 15.1. The zero-order chi connectivity index (χ0) is 19.5. The van der Waals surface area contributed by atoms with Crippen LogP contribution in [0, 0.1) is 12.7 Å². The number of aromatic amines is 1. The minimum absolute atomic E-state index is 0.235. The minimum atomic E-state index is -0.413. The Bertz CT molecular complexity index is 1190. The van der Waals surface area contributed by atoms with E-state index in [4.69, 9.17) is 4.74 Å². The summed E-state index contributed by atoms with van der Waals surface area (Å²) < 4.78 is 21.4. The van der Waals surface area contributed by atoms with Crippen molar-refractivity contribution in [1.82, 2.24) is 19.6 Å². The predicted octanol–water partition coefficient (Wildman–Crippen LogP) is 3.70. The predicted molar refractivity (Wildman–Crippen MR) is 106 cm³/mol. The van der Waals surface area contributed by atoms with Gasteiger partial charge in [-0.1, -0.05) is 36.0 Å². The molecule has 142 valence electrons. The van der Waals surface area contributed by atoms with Gasteiger partial charge < -0.3 is 4.74 Å². The zero-order valence-corrected chi connectivity index (χ0v) is 15.9. The molecule has 0 atom stereocenters. The van der Waals surface area contributed by atoms with Gasteiger partial charge in [-0.2, -0.15) is 0 Å². The normalized spacial score (nSPS) is 11.1. The molecule has 2 aromatic heterocycles. The molecule has 0 aliphatic heterocycles. The first-order chi connectivity index (χ1) is 13.6. The van der Waals surface area contributed by atoms with Crippen molar-refractivity contribution in [1.29, 1.82) is 0 Å². The first kappa shape index (κ1) is 18.2. The van der Waals surface area contributed by atoms with Gasteiger partial charge in [-0.05, 0) is 36.8 Å². The van der Waals surface area contributed by atoms with Crippen LogP contribution in [0.25, 0.3) is 17.0 Å². The quantitative estimate of drug-likeness (QED) is 0.397. The number of hydrogen-bond donors (Lipinski definition) is 1. The third kappa shape index (κ3) is 3.91. The van der Waals surface area contributed by atoms with E-state index in [0.717, 1.165) is 11.3 Å². The maximum Gasteiger partial charge on any atom is 0.266 e. The highest BCUT2D eigenvalue weighted by Crippen LogP contribution is 2.23. The molecule has 6 nitrogen and oxygen atoms in total. The molecule has 0 aliphatic rings. The van der Waals surface area contributed by atoms with E-state index in [2.05, 4.69) is 15.1 Å². The Kier molecular flexibility index (Phi) is 5.12. The highest BCUT2D eigenvalue weighted by Gasteiger charge is 2.14. The first-order valence-corrected chi connectivity index (χ1v) is 9.66. The molecule has 0 spiro atoms. The number of aryl methyl sites for hydroxylation is 1. The van der Waals surface area contributed by atoms with E-state index in [1.807, 2.05) is 31.2 Å². The summed E-state index contributed by atoms with van der Waals surface area (Å²) in [5.41, 5.74) is 1.51. The average Bonchev–Trinajstić information content (AvgIpc) is 3.06. The molecule has 0 unspecified atom stereocenters. The Morgan fingerprint density at radius 1 is 1.14 bits per heavy atom. The van der Waals surface area contributed by atoms with Crippen LogP contribution in [-0.2, 0) is 0 Å². The molecule has 0 amide bonds. The lowest BCUT2D eigenvalue weighted by Crippen LogP contribution is -2.07. The Hall–Kier alpha value is -3.13. The summed E-state index contributed by atoms with van der Waals surface area (Å²) in [6.45, 7) is 2.46. The van der Waals surface area contributed by atoms with E-state index in [1.54, 1.807) is 18.2 Å². The van der Waals surface area contributed by atoms with Gasteiger partial charge in [-0.3, -0.25) is 9.89 Å². The molecule has 0 aliphatic carbocycles. The second-order valence-electron chi connectivity index (χ2n) is 6.14. The van der Waals surface area contributed by atoms with Crippen molar-refractivity contribution in [2.24, 2.45) is 0 Å². The fraction of sp³-hybridized carbons (Fsp3) is 0.150. The molecule has 2 aromatic carbocycles. The van der Waals surface area contributed by atoms with Gasteiger partial charge in [0.15, 0.2) is 16.6 Å². The van der Waals surface area contributed by atoms with Crippen LogP contribution in [0.15, 0.2) is 64.5 Å². The second kappa shape index (κ2) is 7.85. The summed E-state index contributed by atoms with van der Waals surface area (Å²) in [4.78, 5) is 20.5. The van der Waals surface area contributed by atoms with E-state index in [0.29, 0.717) is 23.2 Å². The van der Waals surface area contributed by atoms with E-state index >= 15 is 0 Å². The van der Waals surface area contributed by atoms with Crippen LogP contribution in [0.5, 0.6) is 5.75 Å². The fourth-order valence-corrected chi connectivity index (χ4v) is 3.51. The van der Waals surface area contributed by atoms with E-state index in [1.165, 1.54) is 28.4 Å². The van der Waals surface area contributed by atoms with Crippen molar-refractivity contribution in [2.75, 3.05) is 12.4 Å². The number of halogens is 1. The maximum atomic E-state index is 14.2. The number of fused-ring (bicyclic) bond motifs is 1. The highest BCUT2D eigenvalue weighted by molar-refractivity contribution is 7.99. The van der Waals surface area contributed by atoms with Crippen LogP contribution in [0.1, 0.15) is 5.56 Å². The van der Waals surface area contributed by atoms with Crippen molar-refractivity contribution < 1.29 is 9.13 Å². The summed E-state index contributed by atoms with van der Waals surface area (Å²) in [5.74, 6) is 1.22. The second-order valence-corrected chi connectivity index (χ2v) is 7.20. The van der Waals surface area contributed by atoms with Crippen molar-refractivity contribution in [3.8, 4) is 17.1 Å². The van der Waals surface area contributed by atoms with Crippen LogP contribution < -0.4 is 10.3 Å². The number of rotatable bonds is 6. The van der Waals surface area contributed by atoms with Gasteiger partial charge in [0.2, 0.25) is 0 Å². The maximum absolute atomic E-state index is 14.2. The molecular formula is C20H17FN4O2S. The van der Waals surface area contributed by atoms with Crippen molar-refractivity contribution >= 4 is 17.4 Å². The molecule has 0 radical (unpaired) electrons. The lowest BCUT2D eigenvalue weighted by atomic mass is 10.2. The Labute approximate surface area is 164 Å².